The van der Waals surface area contributed by atoms with Crippen LogP contribution in [-0.2, 0) is 13.0 Å². The second-order valence-corrected chi connectivity index (χ2v) is 6.52. The summed E-state index contributed by atoms with van der Waals surface area (Å²) in [6.45, 7) is 2.99. The first-order valence-corrected chi connectivity index (χ1v) is 9.10. The van der Waals surface area contributed by atoms with E-state index in [1.165, 1.54) is 5.56 Å². The summed E-state index contributed by atoms with van der Waals surface area (Å²) >= 11 is 0. The standard InChI is InChI=1S/C21H23N5/c1-2-3-13-18-24-19-20(26(18)14-15-9-5-4-6-10-15)16-11-7-8-12-17(16)23-21(19)25-22/h4-12H,2-3,13-14,22H2,1H3,(H,23,25). The van der Waals surface area contributed by atoms with Crippen molar-refractivity contribution in [2.75, 3.05) is 5.43 Å². The zero-order valence-electron chi connectivity index (χ0n) is 14.9. The van der Waals surface area contributed by atoms with E-state index >= 15 is 0 Å². The molecule has 2 aromatic heterocycles. The highest BCUT2D eigenvalue weighted by Crippen LogP contribution is 2.30. The van der Waals surface area contributed by atoms with Gasteiger partial charge in [-0.25, -0.2) is 15.8 Å². The van der Waals surface area contributed by atoms with Crippen LogP contribution in [0.5, 0.6) is 0 Å². The first-order chi connectivity index (χ1) is 12.8. The van der Waals surface area contributed by atoms with Gasteiger partial charge in [0.05, 0.1) is 11.0 Å². The Labute approximate surface area is 152 Å². The number of hydrogen-bond acceptors (Lipinski definition) is 4. The smallest absolute Gasteiger partial charge is 0.168 e. The van der Waals surface area contributed by atoms with Gasteiger partial charge in [-0.05, 0) is 18.1 Å². The van der Waals surface area contributed by atoms with Crippen LogP contribution in [0.15, 0.2) is 54.6 Å². The normalized spacial score (nSPS) is 11.3. The number of rotatable bonds is 6. The molecule has 26 heavy (non-hydrogen) atoms. The minimum Gasteiger partial charge on any atom is -0.323 e. The third-order valence-electron chi connectivity index (χ3n) is 4.74. The summed E-state index contributed by atoms with van der Waals surface area (Å²) in [6, 6.07) is 18.7. The van der Waals surface area contributed by atoms with Gasteiger partial charge in [0.2, 0.25) is 0 Å². The second kappa shape index (κ2) is 7.14. The maximum atomic E-state index is 5.76. The SMILES string of the molecule is CCCCc1nc2c(NN)nc3ccccc3c2n1Cc1ccccc1. The Morgan fingerprint density at radius 2 is 1.77 bits per heavy atom. The molecule has 0 atom stereocenters. The molecule has 4 rings (SSSR count). The molecule has 0 aliphatic rings. The van der Waals surface area contributed by atoms with E-state index in [1.807, 2.05) is 24.3 Å². The van der Waals surface area contributed by atoms with Crippen LogP contribution in [0.1, 0.15) is 31.2 Å². The summed E-state index contributed by atoms with van der Waals surface area (Å²) in [5.74, 6) is 7.47. The van der Waals surface area contributed by atoms with Gasteiger partial charge in [0.1, 0.15) is 11.3 Å². The van der Waals surface area contributed by atoms with Crippen LogP contribution in [0.2, 0.25) is 0 Å². The van der Waals surface area contributed by atoms with E-state index in [-0.39, 0.29) is 0 Å². The van der Waals surface area contributed by atoms with Gasteiger partial charge >= 0.3 is 0 Å². The number of hydrogen-bond donors (Lipinski definition) is 2. The summed E-state index contributed by atoms with van der Waals surface area (Å²) in [5, 5.41) is 1.10. The molecule has 0 unspecified atom stereocenters. The number of imidazole rings is 1. The molecule has 0 fully saturated rings. The lowest BCUT2D eigenvalue weighted by Crippen LogP contribution is -2.09. The first-order valence-electron chi connectivity index (χ1n) is 9.10. The number of nitrogens with zero attached hydrogens (tertiary/aromatic N) is 3. The number of fused-ring (bicyclic) bond motifs is 3. The molecule has 0 bridgehead atoms. The maximum Gasteiger partial charge on any atom is 0.168 e. The zero-order chi connectivity index (χ0) is 17.9. The fraction of sp³-hybridized carbons (Fsp3) is 0.238. The molecule has 5 nitrogen and oxygen atoms in total. The number of hydrazine groups is 1. The van der Waals surface area contributed by atoms with Crippen molar-refractivity contribution in [3.8, 4) is 0 Å². The second-order valence-electron chi connectivity index (χ2n) is 6.52. The highest BCUT2D eigenvalue weighted by atomic mass is 15.3. The average molecular weight is 345 g/mol. The highest BCUT2D eigenvalue weighted by Gasteiger charge is 2.18. The van der Waals surface area contributed by atoms with Gasteiger partial charge < -0.3 is 9.99 Å². The number of unbranched alkanes of at least 4 members (excludes halogenated alkanes) is 1. The Bertz CT molecular complexity index is 1040. The van der Waals surface area contributed by atoms with Gasteiger partial charge in [-0.2, -0.15) is 0 Å². The molecular formula is C21H23N5. The van der Waals surface area contributed by atoms with Gasteiger partial charge in [-0.15, -0.1) is 0 Å². The fourth-order valence-electron chi connectivity index (χ4n) is 3.44. The largest absolute Gasteiger partial charge is 0.323 e. The predicted octanol–water partition coefficient (Wildman–Crippen LogP) is 4.26. The minimum atomic E-state index is 0.628. The van der Waals surface area contributed by atoms with Crippen LogP contribution in [0.4, 0.5) is 5.82 Å². The van der Waals surface area contributed by atoms with Crippen LogP contribution in [0.25, 0.3) is 21.9 Å². The van der Waals surface area contributed by atoms with Crippen molar-refractivity contribution < 1.29 is 0 Å². The van der Waals surface area contributed by atoms with Crippen molar-refractivity contribution in [1.29, 1.82) is 0 Å². The van der Waals surface area contributed by atoms with Crippen molar-refractivity contribution in [2.24, 2.45) is 5.84 Å². The van der Waals surface area contributed by atoms with E-state index in [0.717, 1.165) is 53.6 Å². The Balaban J connectivity index is 1.99. The quantitative estimate of drug-likeness (QED) is 0.405. The number of anilines is 1. The van der Waals surface area contributed by atoms with Crippen LogP contribution < -0.4 is 11.3 Å². The van der Waals surface area contributed by atoms with Crippen LogP contribution in [0.3, 0.4) is 0 Å². The highest BCUT2D eigenvalue weighted by molar-refractivity contribution is 6.07. The van der Waals surface area contributed by atoms with Crippen LogP contribution in [0, 0.1) is 0 Å². The Kier molecular flexibility index (Phi) is 4.54. The van der Waals surface area contributed by atoms with E-state index in [9.17, 15) is 0 Å². The molecule has 0 saturated heterocycles. The molecule has 0 spiro atoms. The molecule has 2 heterocycles. The minimum absolute atomic E-state index is 0.628. The van der Waals surface area contributed by atoms with Crippen molar-refractivity contribution >= 4 is 27.8 Å². The molecule has 5 heteroatoms. The molecule has 132 valence electrons. The molecular weight excluding hydrogens is 322 g/mol. The third-order valence-corrected chi connectivity index (χ3v) is 4.74. The zero-order valence-corrected chi connectivity index (χ0v) is 14.9. The number of para-hydroxylation sites is 1. The number of pyridine rings is 1. The Hall–Kier alpha value is -2.92. The summed E-state index contributed by atoms with van der Waals surface area (Å²) in [4.78, 5) is 9.58. The van der Waals surface area contributed by atoms with E-state index in [1.54, 1.807) is 0 Å². The van der Waals surface area contributed by atoms with E-state index in [2.05, 4.69) is 52.2 Å². The van der Waals surface area contributed by atoms with Gasteiger partial charge in [0.25, 0.3) is 0 Å². The molecule has 0 amide bonds. The first kappa shape index (κ1) is 16.5. The van der Waals surface area contributed by atoms with Crippen molar-refractivity contribution in [3.63, 3.8) is 0 Å². The van der Waals surface area contributed by atoms with Gasteiger partial charge in [0.15, 0.2) is 5.82 Å². The van der Waals surface area contributed by atoms with Crippen LogP contribution in [-0.4, -0.2) is 14.5 Å². The van der Waals surface area contributed by atoms with Gasteiger partial charge in [0, 0.05) is 18.4 Å². The molecule has 0 aliphatic heterocycles. The third kappa shape index (κ3) is 2.91. The number of aryl methyl sites for hydroxylation is 1. The summed E-state index contributed by atoms with van der Waals surface area (Å²) in [6.07, 6.45) is 3.18. The van der Waals surface area contributed by atoms with Crippen molar-refractivity contribution in [3.05, 3.63) is 66.0 Å². The van der Waals surface area contributed by atoms with Crippen molar-refractivity contribution in [2.45, 2.75) is 32.7 Å². The molecule has 4 aromatic rings. The molecule has 2 aromatic carbocycles. The molecule has 0 radical (unpaired) electrons. The van der Waals surface area contributed by atoms with Crippen LogP contribution >= 0.6 is 0 Å². The topological polar surface area (TPSA) is 68.8 Å². The van der Waals surface area contributed by atoms with Gasteiger partial charge in [-0.3, -0.25) is 0 Å². The molecule has 0 saturated carbocycles. The van der Waals surface area contributed by atoms with Crippen molar-refractivity contribution in [1.82, 2.24) is 14.5 Å². The summed E-state index contributed by atoms with van der Waals surface area (Å²) in [7, 11) is 0. The molecule has 0 aliphatic carbocycles. The maximum absolute atomic E-state index is 5.76. The predicted molar refractivity (Wildman–Crippen MR) is 107 cm³/mol. The van der Waals surface area contributed by atoms with E-state index in [4.69, 9.17) is 10.8 Å². The Morgan fingerprint density at radius 3 is 2.54 bits per heavy atom. The monoisotopic (exact) mass is 345 g/mol. The summed E-state index contributed by atoms with van der Waals surface area (Å²) < 4.78 is 2.32. The average Bonchev–Trinajstić information content (AvgIpc) is 3.05. The number of nitrogen functional groups attached to an aromatic ring is 1. The molecule has 3 N–H and O–H groups in total. The lowest BCUT2D eigenvalue weighted by Gasteiger charge is -2.11. The van der Waals surface area contributed by atoms with Gasteiger partial charge in [-0.1, -0.05) is 61.9 Å². The Morgan fingerprint density at radius 1 is 1.00 bits per heavy atom. The lowest BCUT2D eigenvalue weighted by atomic mass is 10.1. The van der Waals surface area contributed by atoms with E-state index < -0.39 is 0 Å². The number of aromatic nitrogens is 3. The number of nitrogens with two attached hydrogens (primary N) is 1. The number of nitrogens with one attached hydrogen (secondary N) is 1. The number of benzene rings is 2. The van der Waals surface area contributed by atoms with E-state index in [0.29, 0.717) is 5.82 Å². The summed E-state index contributed by atoms with van der Waals surface area (Å²) in [5.41, 5.74) is 6.85. The lowest BCUT2D eigenvalue weighted by molar-refractivity contribution is 0.690. The fourth-order valence-corrected chi connectivity index (χ4v) is 3.44.